The van der Waals surface area contributed by atoms with E-state index < -0.39 is 0 Å². The topological polar surface area (TPSA) is 78.1 Å². The van der Waals surface area contributed by atoms with E-state index in [9.17, 15) is 4.79 Å². The van der Waals surface area contributed by atoms with Gasteiger partial charge in [-0.25, -0.2) is 4.98 Å². The van der Waals surface area contributed by atoms with Crippen LogP contribution in [0.4, 0.5) is 0 Å². The van der Waals surface area contributed by atoms with E-state index in [0.29, 0.717) is 24.6 Å². The Morgan fingerprint density at radius 3 is 2.96 bits per heavy atom. The molecule has 6 nitrogen and oxygen atoms in total. The molecule has 132 valence electrons. The van der Waals surface area contributed by atoms with Gasteiger partial charge in [-0.15, -0.1) is 11.3 Å². The number of benzene rings is 1. The minimum absolute atomic E-state index is 0.0214. The van der Waals surface area contributed by atoms with Gasteiger partial charge in [0, 0.05) is 11.8 Å². The fourth-order valence-electron chi connectivity index (χ4n) is 2.44. The van der Waals surface area contributed by atoms with Crippen LogP contribution in [-0.2, 0) is 22.6 Å². The number of para-hydroxylation sites is 1. The first kappa shape index (κ1) is 16.9. The van der Waals surface area contributed by atoms with Gasteiger partial charge in [0.2, 0.25) is 5.82 Å². The zero-order valence-corrected chi connectivity index (χ0v) is 15.4. The zero-order chi connectivity index (χ0) is 17.8. The Labute approximate surface area is 157 Å². The second-order valence-corrected chi connectivity index (χ2v) is 7.51. The predicted octanol–water partition coefficient (Wildman–Crippen LogP) is 4.47. The average Bonchev–Trinajstić information content (AvgIpc) is 3.38. The number of thiophene rings is 1. The highest BCUT2D eigenvalue weighted by molar-refractivity contribution is 7.18. The van der Waals surface area contributed by atoms with Gasteiger partial charge in [-0.05, 0) is 36.4 Å². The molecule has 8 heteroatoms. The lowest BCUT2D eigenvalue weighted by Crippen LogP contribution is -2.05. The molecule has 0 radical (unpaired) electrons. The van der Waals surface area contributed by atoms with Crippen LogP contribution in [0.3, 0.4) is 0 Å². The minimum atomic E-state index is -0.270. The van der Waals surface area contributed by atoms with Gasteiger partial charge in [0.25, 0.3) is 5.89 Å². The summed E-state index contributed by atoms with van der Waals surface area (Å²) in [5.74, 6) is 0.534. The van der Waals surface area contributed by atoms with Crippen molar-refractivity contribution in [3.8, 4) is 11.5 Å². The Kier molecular flexibility index (Phi) is 5.03. The first-order valence-electron chi connectivity index (χ1n) is 8.13. The van der Waals surface area contributed by atoms with Crippen LogP contribution in [0.25, 0.3) is 21.7 Å². The zero-order valence-electron chi connectivity index (χ0n) is 13.8. The third kappa shape index (κ3) is 3.97. The molecule has 0 N–H and O–H groups in total. The number of hydrogen-bond acceptors (Lipinski definition) is 8. The van der Waals surface area contributed by atoms with Crippen LogP contribution in [0.1, 0.15) is 23.7 Å². The summed E-state index contributed by atoms with van der Waals surface area (Å²) < 4.78 is 11.5. The summed E-state index contributed by atoms with van der Waals surface area (Å²) in [4.78, 5) is 20.7. The second-order valence-electron chi connectivity index (χ2n) is 5.62. The van der Waals surface area contributed by atoms with E-state index in [1.54, 1.807) is 22.7 Å². The number of aromatic nitrogens is 3. The van der Waals surface area contributed by atoms with Crippen LogP contribution < -0.4 is 0 Å². The van der Waals surface area contributed by atoms with Crippen molar-refractivity contribution in [3.63, 3.8) is 0 Å². The molecular weight excluding hydrogens is 370 g/mol. The number of hydrogen-bond donors (Lipinski definition) is 0. The third-order valence-electron chi connectivity index (χ3n) is 3.71. The van der Waals surface area contributed by atoms with Gasteiger partial charge < -0.3 is 9.26 Å². The van der Waals surface area contributed by atoms with E-state index in [1.807, 2.05) is 35.0 Å². The Morgan fingerprint density at radius 2 is 2.12 bits per heavy atom. The summed E-state index contributed by atoms with van der Waals surface area (Å²) in [5, 5.41) is 8.73. The Bertz CT molecular complexity index is 975. The summed E-state index contributed by atoms with van der Waals surface area (Å²) in [6.45, 7) is 0.0214. The highest BCUT2D eigenvalue weighted by atomic mass is 32.1. The quantitative estimate of drug-likeness (QED) is 0.437. The Hall–Kier alpha value is -2.58. The molecule has 3 aromatic heterocycles. The smallest absolute Gasteiger partial charge is 0.306 e. The molecule has 0 spiro atoms. The number of carbonyl (C=O) groups excluding carboxylic acids is 1. The maximum absolute atomic E-state index is 11.9. The number of ether oxygens (including phenoxy) is 1. The lowest BCUT2D eigenvalue weighted by Gasteiger charge is -2.00. The molecule has 3 heterocycles. The molecule has 0 aliphatic carbocycles. The van der Waals surface area contributed by atoms with Crippen molar-refractivity contribution in [3.05, 3.63) is 51.9 Å². The highest BCUT2D eigenvalue weighted by Gasteiger charge is 2.12. The minimum Gasteiger partial charge on any atom is -0.457 e. The summed E-state index contributed by atoms with van der Waals surface area (Å²) in [6.07, 6.45) is 1.80. The van der Waals surface area contributed by atoms with E-state index in [4.69, 9.17) is 9.26 Å². The molecule has 0 saturated heterocycles. The molecule has 4 aromatic rings. The van der Waals surface area contributed by atoms with Crippen molar-refractivity contribution in [1.29, 1.82) is 0 Å². The van der Waals surface area contributed by atoms with Gasteiger partial charge in [-0.3, -0.25) is 4.79 Å². The number of thiazole rings is 1. The second kappa shape index (κ2) is 7.76. The molecular formula is C18H15N3O3S2. The molecule has 4 rings (SSSR count). The van der Waals surface area contributed by atoms with E-state index in [1.165, 1.54) is 4.70 Å². The van der Waals surface area contributed by atoms with Gasteiger partial charge in [-0.2, -0.15) is 16.3 Å². The molecule has 0 unspecified atom stereocenters. The van der Waals surface area contributed by atoms with E-state index >= 15 is 0 Å². The van der Waals surface area contributed by atoms with Crippen molar-refractivity contribution >= 4 is 38.9 Å². The van der Waals surface area contributed by atoms with E-state index in [0.717, 1.165) is 22.5 Å². The van der Waals surface area contributed by atoms with Crippen LogP contribution in [0.2, 0.25) is 0 Å². The number of nitrogens with zero attached hydrogens (tertiary/aromatic N) is 3. The maximum atomic E-state index is 11.9. The molecule has 0 bridgehead atoms. The normalized spacial score (nSPS) is 11.1. The SMILES string of the molecule is O=C(CCCc1nc2ccccc2s1)OCc1noc(-c2ccsc2)n1. The number of carbonyl (C=O) groups is 1. The van der Waals surface area contributed by atoms with Gasteiger partial charge in [0.15, 0.2) is 6.61 Å². The Morgan fingerprint density at radius 1 is 1.19 bits per heavy atom. The van der Waals surface area contributed by atoms with E-state index in [-0.39, 0.29) is 12.6 Å². The molecule has 0 atom stereocenters. The monoisotopic (exact) mass is 385 g/mol. The van der Waals surface area contributed by atoms with Crippen molar-refractivity contribution in [2.45, 2.75) is 25.9 Å². The fraction of sp³-hybridized carbons (Fsp3) is 0.222. The molecule has 1 aromatic carbocycles. The summed E-state index contributed by atoms with van der Waals surface area (Å²) in [6, 6.07) is 9.93. The molecule has 0 aliphatic rings. The molecule has 26 heavy (non-hydrogen) atoms. The standard InChI is InChI=1S/C18H15N3O3S2/c22-17(7-3-6-16-19-13-4-1-2-5-14(13)26-16)23-10-15-20-18(24-21-15)12-8-9-25-11-12/h1-2,4-5,8-9,11H,3,6-7,10H2. The van der Waals surface area contributed by atoms with Crippen LogP contribution in [0, 0.1) is 0 Å². The fourth-order valence-corrected chi connectivity index (χ4v) is 4.08. The van der Waals surface area contributed by atoms with Gasteiger partial charge >= 0.3 is 5.97 Å². The van der Waals surface area contributed by atoms with Crippen LogP contribution in [-0.4, -0.2) is 21.1 Å². The van der Waals surface area contributed by atoms with Crippen molar-refractivity contribution in [2.24, 2.45) is 0 Å². The molecule has 0 fully saturated rings. The third-order valence-corrected chi connectivity index (χ3v) is 5.49. The van der Waals surface area contributed by atoms with E-state index in [2.05, 4.69) is 21.2 Å². The lowest BCUT2D eigenvalue weighted by molar-refractivity contribution is -0.145. The molecule has 0 aliphatic heterocycles. The maximum Gasteiger partial charge on any atom is 0.306 e. The number of fused-ring (bicyclic) bond motifs is 1. The van der Waals surface area contributed by atoms with Gasteiger partial charge in [0.1, 0.15) is 0 Å². The van der Waals surface area contributed by atoms with Crippen LogP contribution >= 0.6 is 22.7 Å². The predicted molar refractivity (Wildman–Crippen MR) is 100.0 cm³/mol. The first-order valence-corrected chi connectivity index (χ1v) is 9.89. The molecule has 0 amide bonds. The number of rotatable bonds is 7. The van der Waals surface area contributed by atoms with Crippen molar-refractivity contribution in [2.75, 3.05) is 0 Å². The first-order chi connectivity index (χ1) is 12.8. The molecule has 0 saturated carbocycles. The Balaban J connectivity index is 1.23. The highest BCUT2D eigenvalue weighted by Crippen LogP contribution is 2.23. The largest absolute Gasteiger partial charge is 0.457 e. The summed E-state index contributed by atoms with van der Waals surface area (Å²) >= 11 is 3.22. The van der Waals surface area contributed by atoms with Crippen LogP contribution in [0.5, 0.6) is 0 Å². The van der Waals surface area contributed by atoms with Crippen LogP contribution in [0.15, 0.2) is 45.6 Å². The summed E-state index contributed by atoms with van der Waals surface area (Å²) in [7, 11) is 0. The van der Waals surface area contributed by atoms with Gasteiger partial charge in [-0.1, -0.05) is 17.3 Å². The lowest BCUT2D eigenvalue weighted by atomic mass is 10.2. The van der Waals surface area contributed by atoms with Gasteiger partial charge in [0.05, 0.1) is 20.8 Å². The number of aryl methyl sites for hydroxylation is 1. The van der Waals surface area contributed by atoms with Crippen molar-refractivity contribution in [1.82, 2.24) is 15.1 Å². The average molecular weight is 385 g/mol. The summed E-state index contributed by atoms with van der Waals surface area (Å²) in [5.41, 5.74) is 1.88. The number of esters is 1. The van der Waals surface area contributed by atoms with Crippen molar-refractivity contribution < 1.29 is 14.1 Å².